The molecule has 1 aliphatic rings. The molecule has 0 aromatic heterocycles. The lowest BCUT2D eigenvalue weighted by Gasteiger charge is -2.08. The molecule has 0 atom stereocenters. The second-order valence-electron chi connectivity index (χ2n) is 3.28. The maximum Gasteiger partial charge on any atom is 0.169 e. The molecule has 0 saturated carbocycles. The first-order valence-electron chi connectivity index (χ1n) is 4.78. The van der Waals surface area contributed by atoms with Gasteiger partial charge >= 0.3 is 0 Å². The van der Waals surface area contributed by atoms with Crippen LogP contribution in [0.4, 0.5) is 0 Å². The van der Waals surface area contributed by atoms with Crippen molar-refractivity contribution in [1.29, 1.82) is 0 Å². The molecule has 1 aliphatic heterocycles. The maximum absolute atomic E-state index is 11.8. The van der Waals surface area contributed by atoms with Crippen LogP contribution in [0.25, 0.3) is 0 Å². The summed E-state index contributed by atoms with van der Waals surface area (Å²) in [5, 5.41) is 0.473. The van der Waals surface area contributed by atoms with Crippen LogP contribution < -0.4 is 0 Å². The van der Waals surface area contributed by atoms with Gasteiger partial charge < -0.3 is 9.47 Å². The molecule has 0 radical (unpaired) electrons. The van der Waals surface area contributed by atoms with Crippen LogP contribution in [-0.2, 0) is 9.47 Å². The van der Waals surface area contributed by atoms with E-state index in [-0.39, 0.29) is 12.2 Å². The van der Waals surface area contributed by atoms with Gasteiger partial charge in [-0.1, -0.05) is 23.7 Å². The number of halogens is 1. The van der Waals surface area contributed by atoms with Gasteiger partial charge in [0.25, 0.3) is 0 Å². The number of carbonyl (C=O) groups is 1. The molecule has 1 saturated heterocycles. The zero-order valence-corrected chi connectivity index (χ0v) is 8.87. The number of hydrogen-bond donors (Lipinski definition) is 0. The van der Waals surface area contributed by atoms with E-state index in [0.717, 1.165) is 0 Å². The van der Waals surface area contributed by atoms with Crippen molar-refractivity contribution in [1.82, 2.24) is 0 Å². The van der Waals surface area contributed by atoms with Crippen LogP contribution in [0, 0.1) is 0 Å². The van der Waals surface area contributed by atoms with Crippen LogP contribution in [0.15, 0.2) is 24.3 Å². The SMILES string of the molecule is O=C(CC1OCCO1)c1ccccc1Cl. The maximum atomic E-state index is 11.8. The van der Waals surface area contributed by atoms with Gasteiger partial charge in [0.15, 0.2) is 12.1 Å². The Morgan fingerprint density at radius 2 is 2.00 bits per heavy atom. The summed E-state index contributed by atoms with van der Waals surface area (Å²) >= 11 is 5.90. The number of ether oxygens (including phenoxy) is 2. The first-order valence-corrected chi connectivity index (χ1v) is 5.16. The number of benzene rings is 1. The third-order valence-corrected chi connectivity index (χ3v) is 2.55. The minimum Gasteiger partial charge on any atom is -0.350 e. The topological polar surface area (TPSA) is 35.5 Å². The molecule has 1 heterocycles. The molecule has 1 aromatic carbocycles. The van der Waals surface area contributed by atoms with E-state index in [1.54, 1.807) is 24.3 Å². The first kappa shape index (κ1) is 10.6. The summed E-state index contributed by atoms with van der Waals surface area (Å²) in [6, 6.07) is 6.99. The first-order chi connectivity index (χ1) is 7.27. The van der Waals surface area contributed by atoms with Gasteiger partial charge in [-0.25, -0.2) is 0 Å². The van der Waals surface area contributed by atoms with Gasteiger partial charge in [0, 0.05) is 5.56 Å². The minimum atomic E-state index is -0.409. The zero-order valence-electron chi connectivity index (χ0n) is 8.11. The van der Waals surface area contributed by atoms with E-state index in [1.165, 1.54) is 0 Å². The highest BCUT2D eigenvalue weighted by Crippen LogP contribution is 2.19. The van der Waals surface area contributed by atoms with Crippen LogP contribution in [0.1, 0.15) is 16.8 Å². The number of hydrogen-bond acceptors (Lipinski definition) is 3. The Balaban J connectivity index is 2.04. The molecule has 4 heteroatoms. The Morgan fingerprint density at radius 1 is 1.33 bits per heavy atom. The molecule has 80 valence electrons. The molecule has 3 nitrogen and oxygen atoms in total. The molecule has 1 aromatic rings. The molecule has 0 spiro atoms. The lowest BCUT2D eigenvalue weighted by Crippen LogP contribution is -2.14. The van der Waals surface area contributed by atoms with Gasteiger partial charge in [0.05, 0.1) is 24.7 Å². The quantitative estimate of drug-likeness (QED) is 0.742. The van der Waals surface area contributed by atoms with E-state index in [1.807, 2.05) is 0 Å². The van der Waals surface area contributed by atoms with Crippen molar-refractivity contribution >= 4 is 17.4 Å². The van der Waals surface area contributed by atoms with E-state index in [2.05, 4.69) is 0 Å². The van der Waals surface area contributed by atoms with Crippen LogP contribution in [0.2, 0.25) is 5.02 Å². The summed E-state index contributed by atoms with van der Waals surface area (Å²) in [5.74, 6) is -0.0486. The molecule has 2 rings (SSSR count). The molecule has 0 N–H and O–H groups in total. The summed E-state index contributed by atoms with van der Waals surface area (Å²) < 4.78 is 10.4. The lowest BCUT2D eigenvalue weighted by molar-refractivity contribution is -0.0407. The second-order valence-corrected chi connectivity index (χ2v) is 3.69. The smallest absolute Gasteiger partial charge is 0.169 e. The highest BCUT2D eigenvalue weighted by atomic mass is 35.5. The standard InChI is InChI=1S/C11H11ClO3/c12-9-4-2-1-3-8(9)10(13)7-11-14-5-6-15-11/h1-4,11H,5-7H2. The Hall–Kier alpha value is -0.900. The van der Waals surface area contributed by atoms with Crippen LogP contribution in [-0.4, -0.2) is 25.3 Å². The summed E-state index contributed by atoms with van der Waals surface area (Å²) in [6.45, 7) is 1.11. The minimum absolute atomic E-state index is 0.0486. The summed E-state index contributed by atoms with van der Waals surface area (Å²) in [7, 11) is 0. The van der Waals surface area contributed by atoms with Crippen molar-refractivity contribution in [2.24, 2.45) is 0 Å². The number of ketones is 1. The molecule has 0 bridgehead atoms. The number of rotatable bonds is 3. The van der Waals surface area contributed by atoms with Gasteiger partial charge in [0.1, 0.15) is 0 Å². The van der Waals surface area contributed by atoms with E-state index in [4.69, 9.17) is 21.1 Å². The van der Waals surface area contributed by atoms with Gasteiger partial charge in [-0.2, -0.15) is 0 Å². The fourth-order valence-corrected chi connectivity index (χ4v) is 1.71. The zero-order chi connectivity index (χ0) is 10.7. The molecule has 1 fully saturated rings. The van der Waals surface area contributed by atoms with Crippen molar-refractivity contribution in [3.63, 3.8) is 0 Å². The van der Waals surface area contributed by atoms with E-state index in [9.17, 15) is 4.79 Å². The Bertz CT molecular complexity index is 359. The van der Waals surface area contributed by atoms with Gasteiger partial charge in [0.2, 0.25) is 0 Å². The van der Waals surface area contributed by atoms with E-state index < -0.39 is 6.29 Å². The van der Waals surface area contributed by atoms with Crippen molar-refractivity contribution in [3.05, 3.63) is 34.9 Å². The van der Waals surface area contributed by atoms with E-state index >= 15 is 0 Å². The summed E-state index contributed by atoms with van der Waals surface area (Å²) in [6.07, 6.45) is -0.183. The fourth-order valence-electron chi connectivity index (χ4n) is 1.47. The lowest BCUT2D eigenvalue weighted by atomic mass is 10.1. The predicted molar refractivity (Wildman–Crippen MR) is 56.1 cm³/mol. The molecule has 15 heavy (non-hydrogen) atoms. The monoisotopic (exact) mass is 226 g/mol. The van der Waals surface area contributed by atoms with Crippen LogP contribution in [0.5, 0.6) is 0 Å². The van der Waals surface area contributed by atoms with Crippen molar-refractivity contribution in [2.75, 3.05) is 13.2 Å². The third kappa shape index (κ3) is 2.56. The predicted octanol–water partition coefficient (Wildman–Crippen LogP) is 2.29. The van der Waals surface area contributed by atoms with Crippen LogP contribution >= 0.6 is 11.6 Å². The number of Topliss-reactive ketones (excluding diaryl/α,β-unsaturated/α-hetero) is 1. The Labute approximate surface area is 92.9 Å². The van der Waals surface area contributed by atoms with Gasteiger partial charge in [-0.15, -0.1) is 0 Å². The second kappa shape index (κ2) is 4.75. The highest BCUT2D eigenvalue weighted by molar-refractivity contribution is 6.33. The Morgan fingerprint density at radius 3 is 2.67 bits per heavy atom. The summed E-state index contributed by atoms with van der Waals surface area (Å²) in [5.41, 5.74) is 0.526. The largest absolute Gasteiger partial charge is 0.350 e. The molecular formula is C11H11ClO3. The molecular weight excluding hydrogens is 216 g/mol. The van der Waals surface area contributed by atoms with Crippen molar-refractivity contribution in [2.45, 2.75) is 12.7 Å². The fraction of sp³-hybridized carbons (Fsp3) is 0.364. The third-order valence-electron chi connectivity index (χ3n) is 2.22. The molecule has 0 amide bonds. The Kier molecular flexibility index (Phi) is 3.36. The molecule has 0 aliphatic carbocycles. The van der Waals surface area contributed by atoms with Gasteiger partial charge in [-0.05, 0) is 12.1 Å². The average Bonchev–Trinajstić information content (AvgIpc) is 2.71. The average molecular weight is 227 g/mol. The molecule has 0 unspecified atom stereocenters. The number of carbonyl (C=O) groups excluding carboxylic acids is 1. The van der Waals surface area contributed by atoms with Crippen molar-refractivity contribution in [3.8, 4) is 0 Å². The highest BCUT2D eigenvalue weighted by Gasteiger charge is 2.21. The normalized spacial score (nSPS) is 16.9. The van der Waals surface area contributed by atoms with E-state index in [0.29, 0.717) is 23.8 Å². The van der Waals surface area contributed by atoms with Crippen LogP contribution in [0.3, 0.4) is 0 Å². The summed E-state index contributed by atoms with van der Waals surface area (Å²) in [4.78, 5) is 11.8. The van der Waals surface area contributed by atoms with Gasteiger partial charge in [-0.3, -0.25) is 4.79 Å². The van der Waals surface area contributed by atoms with Crippen molar-refractivity contribution < 1.29 is 14.3 Å².